The first kappa shape index (κ1) is 19.0. The Morgan fingerprint density at radius 1 is 1.00 bits per heavy atom. The first-order valence-electron chi connectivity index (χ1n) is 9.59. The van der Waals surface area contributed by atoms with Crippen molar-refractivity contribution in [3.63, 3.8) is 0 Å². The van der Waals surface area contributed by atoms with Gasteiger partial charge in [0.2, 0.25) is 0 Å². The number of esters is 1. The highest BCUT2D eigenvalue weighted by Crippen LogP contribution is 2.19. The van der Waals surface area contributed by atoms with Crippen molar-refractivity contribution in [2.45, 2.75) is 6.42 Å². The van der Waals surface area contributed by atoms with E-state index >= 15 is 0 Å². The van der Waals surface area contributed by atoms with Crippen LogP contribution in [0.4, 0.5) is 10.1 Å². The van der Waals surface area contributed by atoms with Gasteiger partial charge in [-0.2, -0.15) is 0 Å². The van der Waals surface area contributed by atoms with Crippen LogP contribution in [0.2, 0.25) is 0 Å². The summed E-state index contributed by atoms with van der Waals surface area (Å²) in [5, 5.41) is 0.979. The molecule has 150 valence electrons. The lowest BCUT2D eigenvalue weighted by Crippen LogP contribution is -2.50. The maximum atomic E-state index is 13.1. The zero-order valence-corrected chi connectivity index (χ0v) is 15.9. The maximum absolute atomic E-state index is 13.1. The minimum Gasteiger partial charge on any atom is -0.455 e. The van der Waals surface area contributed by atoms with Crippen molar-refractivity contribution >= 4 is 28.5 Å². The number of carbonyl (C=O) groups excluding carboxylic acids is 2. The van der Waals surface area contributed by atoms with Crippen molar-refractivity contribution in [2.75, 3.05) is 37.7 Å². The smallest absolute Gasteiger partial charge is 0.310 e. The van der Waals surface area contributed by atoms with E-state index < -0.39 is 5.97 Å². The normalized spacial score (nSPS) is 14.2. The second-order valence-electron chi connectivity index (χ2n) is 7.04. The van der Waals surface area contributed by atoms with E-state index in [2.05, 4.69) is 9.88 Å². The van der Waals surface area contributed by atoms with Crippen LogP contribution in [0, 0.1) is 5.82 Å². The molecule has 1 aliphatic rings. The van der Waals surface area contributed by atoms with Crippen molar-refractivity contribution in [2.24, 2.45) is 0 Å². The monoisotopic (exact) mass is 395 g/mol. The van der Waals surface area contributed by atoms with E-state index in [1.54, 1.807) is 23.2 Å². The number of benzene rings is 2. The SMILES string of the molecule is O=C(Cc1c[nH]c2ccccc12)OCC(=O)N1CCN(c2ccc(F)cc2)CC1. The van der Waals surface area contributed by atoms with E-state index in [4.69, 9.17) is 4.74 Å². The molecule has 7 heteroatoms. The quantitative estimate of drug-likeness (QED) is 0.675. The lowest BCUT2D eigenvalue weighted by atomic mass is 10.1. The third-order valence-corrected chi connectivity index (χ3v) is 5.19. The lowest BCUT2D eigenvalue weighted by molar-refractivity contribution is -0.151. The molecule has 29 heavy (non-hydrogen) atoms. The first-order chi connectivity index (χ1) is 14.1. The van der Waals surface area contributed by atoms with Crippen molar-refractivity contribution in [3.8, 4) is 0 Å². The zero-order valence-electron chi connectivity index (χ0n) is 15.9. The van der Waals surface area contributed by atoms with Gasteiger partial charge >= 0.3 is 5.97 Å². The molecule has 1 N–H and O–H groups in total. The molecule has 0 unspecified atom stereocenters. The fourth-order valence-corrected chi connectivity index (χ4v) is 3.58. The van der Waals surface area contributed by atoms with Crippen LogP contribution < -0.4 is 4.90 Å². The Morgan fingerprint density at radius 3 is 2.48 bits per heavy atom. The van der Waals surface area contributed by atoms with Crippen LogP contribution in [-0.4, -0.2) is 54.5 Å². The largest absolute Gasteiger partial charge is 0.455 e. The Hall–Kier alpha value is -3.35. The van der Waals surface area contributed by atoms with Gasteiger partial charge in [-0.05, 0) is 35.9 Å². The number of aromatic nitrogens is 1. The molecular weight excluding hydrogens is 373 g/mol. The third-order valence-electron chi connectivity index (χ3n) is 5.19. The summed E-state index contributed by atoms with van der Waals surface area (Å²) in [5.41, 5.74) is 2.75. The van der Waals surface area contributed by atoms with Gasteiger partial charge < -0.3 is 19.5 Å². The van der Waals surface area contributed by atoms with Gasteiger partial charge in [0.25, 0.3) is 5.91 Å². The number of nitrogens with one attached hydrogen (secondary N) is 1. The van der Waals surface area contributed by atoms with Crippen LogP contribution >= 0.6 is 0 Å². The lowest BCUT2D eigenvalue weighted by Gasteiger charge is -2.36. The average molecular weight is 395 g/mol. The Kier molecular flexibility index (Phi) is 5.46. The number of ether oxygens (including phenoxy) is 1. The molecule has 1 aromatic heterocycles. The molecule has 1 amide bonds. The molecule has 0 radical (unpaired) electrons. The number of halogens is 1. The van der Waals surface area contributed by atoms with Gasteiger partial charge in [0.15, 0.2) is 6.61 Å². The molecule has 3 aromatic rings. The number of hydrogen-bond donors (Lipinski definition) is 1. The highest BCUT2D eigenvalue weighted by atomic mass is 19.1. The van der Waals surface area contributed by atoms with Crippen LogP contribution in [0.1, 0.15) is 5.56 Å². The summed E-state index contributed by atoms with van der Waals surface area (Å²) < 4.78 is 18.3. The number of piperazine rings is 1. The molecule has 1 fully saturated rings. The maximum Gasteiger partial charge on any atom is 0.310 e. The van der Waals surface area contributed by atoms with Gasteiger partial charge in [-0.1, -0.05) is 18.2 Å². The summed E-state index contributed by atoms with van der Waals surface area (Å²) in [4.78, 5) is 31.5. The van der Waals surface area contributed by atoms with Gasteiger partial charge in [0.1, 0.15) is 5.82 Å². The number of amides is 1. The molecule has 0 spiro atoms. The number of H-pyrrole nitrogens is 1. The highest BCUT2D eigenvalue weighted by Gasteiger charge is 2.22. The minimum atomic E-state index is -0.423. The number of hydrogen-bond acceptors (Lipinski definition) is 4. The van der Waals surface area contributed by atoms with Crippen LogP contribution in [0.25, 0.3) is 10.9 Å². The Bertz CT molecular complexity index is 1010. The third kappa shape index (κ3) is 4.39. The van der Waals surface area contributed by atoms with Crippen LogP contribution in [0.5, 0.6) is 0 Å². The number of nitrogens with zero attached hydrogens (tertiary/aromatic N) is 2. The van der Waals surface area contributed by atoms with E-state index in [-0.39, 0.29) is 24.8 Å². The molecule has 0 saturated carbocycles. The fraction of sp³-hybridized carbons (Fsp3) is 0.273. The molecule has 2 heterocycles. The van der Waals surface area contributed by atoms with Crippen molar-refractivity contribution in [1.29, 1.82) is 0 Å². The van der Waals surface area contributed by atoms with Crippen molar-refractivity contribution < 1.29 is 18.7 Å². The molecule has 0 aliphatic carbocycles. The predicted octanol–water partition coefficient (Wildman–Crippen LogP) is 2.74. The molecule has 0 bridgehead atoms. The van der Waals surface area contributed by atoms with E-state index in [0.29, 0.717) is 26.2 Å². The summed E-state index contributed by atoms with van der Waals surface area (Å²) in [5.74, 6) is -0.888. The van der Waals surface area contributed by atoms with E-state index in [9.17, 15) is 14.0 Å². The second kappa shape index (κ2) is 8.34. The Labute approximate surface area is 167 Å². The van der Waals surface area contributed by atoms with Gasteiger partial charge in [0, 0.05) is 49.0 Å². The summed E-state index contributed by atoms with van der Waals surface area (Å²) in [7, 11) is 0. The fourth-order valence-electron chi connectivity index (χ4n) is 3.58. The average Bonchev–Trinajstić information content (AvgIpc) is 3.15. The number of aromatic amines is 1. The van der Waals surface area contributed by atoms with Gasteiger partial charge in [-0.25, -0.2) is 4.39 Å². The number of carbonyl (C=O) groups is 2. The number of anilines is 1. The van der Waals surface area contributed by atoms with Gasteiger partial charge in [-0.3, -0.25) is 9.59 Å². The summed E-state index contributed by atoms with van der Waals surface area (Å²) in [6, 6.07) is 14.1. The van der Waals surface area contributed by atoms with E-state index in [1.165, 1.54) is 12.1 Å². The van der Waals surface area contributed by atoms with Gasteiger partial charge in [0.05, 0.1) is 6.42 Å². The molecule has 2 aromatic carbocycles. The topological polar surface area (TPSA) is 65.6 Å². The molecule has 0 atom stereocenters. The van der Waals surface area contributed by atoms with Crippen molar-refractivity contribution in [1.82, 2.24) is 9.88 Å². The number of rotatable bonds is 5. The Morgan fingerprint density at radius 2 is 1.72 bits per heavy atom. The zero-order chi connectivity index (χ0) is 20.2. The predicted molar refractivity (Wildman–Crippen MR) is 108 cm³/mol. The minimum absolute atomic E-state index is 0.121. The Balaban J connectivity index is 1.24. The van der Waals surface area contributed by atoms with E-state index in [0.717, 1.165) is 22.2 Å². The summed E-state index contributed by atoms with van der Waals surface area (Å²) >= 11 is 0. The standard InChI is InChI=1S/C22H22FN3O3/c23-17-5-7-18(8-6-17)25-9-11-26(12-10-25)21(27)15-29-22(28)13-16-14-24-20-4-2-1-3-19(16)20/h1-8,14,24H,9-13,15H2. The second-order valence-corrected chi connectivity index (χ2v) is 7.04. The van der Waals surface area contributed by atoms with Crippen LogP contribution in [-0.2, 0) is 20.7 Å². The van der Waals surface area contributed by atoms with Crippen LogP contribution in [0.15, 0.2) is 54.7 Å². The summed E-state index contributed by atoms with van der Waals surface area (Å²) in [6.45, 7) is 2.13. The van der Waals surface area contributed by atoms with Crippen molar-refractivity contribution in [3.05, 3.63) is 66.1 Å². The molecule has 1 aliphatic heterocycles. The number of para-hydroxylation sites is 1. The highest BCUT2D eigenvalue weighted by molar-refractivity contribution is 5.88. The van der Waals surface area contributed by atoms with Gasteiger partial charge in [-0.15, -0.1) is 0 Å². The molecule has 4 rings (SSSR count). The molecule has 1 saturated heterocycles. The first-order valence-corrected chi connectivity index (χ1v) is 9.59. The van der Waals surface area contributed by atoms with Crippen LogP contribution in [0.3, 0.4) is 0 Å². The summed E-state index contributed by atoms with van der Waals surface area (Å²) in [6.07, 6.45) is 1.91. The van der Waals surface area contributed by atoms with E-state index in [1.807, 2.05) is 24.3 Å². The molecule has 6 nitrogen and oxygen atoms in total. The molecular formula is C22H22FN3O3. The number of fused-ring (bicyclic) bond motifs is 1.